The molecule has 1 rings (SSSR count). The van der Waals surface area contributed by atoms with Crippen molar-refractivity contribution in [2.24, 2.45) is 4.99 Å². The number of benzene rings is 1. The van der Waals surface area contributed by atoms with Crippen LogP contribution < -0.4 is 10.6 Å². The predicted octanol–water partition coefficient (Wildman–Crippen LogP) is 3.56. The monoisotopic (exact) mass is 441 g/mol. The highest BCUT2D eigenvalue weighted by Gasteiger charge is 2.04. The largest absolute Gasteiger partial charge is 0.357 e. The van der Waals surface area contributed by atoms with Gasteiger partial charge in [-0.15, -0.1) is 30.6 Å². The van der Waals surface area contributed by atoms with Gasteiger partial charge in [0.1, 0.15) is 11.6 Å². The maximum absolute atomic E-state index is 13.5. The van der Waals surface area contributed by atoms with Crippen LogP contribution in [0.15, 0.2) is 35.8 Å². The molecule has 0 radical (unpaired) electrons. The first-order valence-corrected chi connectivity index (χ1v) is 7.97. The molecule has 0 aliphatic heterocycles. The molecule has 0 amide bonds. The van der Waals surface area contributed by atoms with Crippen molar-refractivity contribution in [3.8, 4) is 0 Å². The summed E-state index contributed by atoms with van der Waals surface area (Å²) in [4.78, 5) is 4.26. The highest BCUT2D eigenvalue weighted by molar-refractivity contribution is 14.0. The van der Waals surface area contributed by atoms with Gasteiger partial charge in [-0.05, 0) is 25.1 Å². The first kappa shape index (κ1) is 21.2. The summed E-state index contributed by atoms with van der Waals surface area (Å²) < 4.78 is 26.6. The number of nitrogens with one attached hydrogen (secondary N) is 2. The van der Waals surface area contributed by atoms with Crippen molar-refractivity contribution in [2.75, 3.05) is 24.6 Å². The van der Waals surface area contributed by atoms with Crippen molar-refractivity contribution < 1.29 is 8.78 Å². The van der Waals surface area contributed by atoms with Crippen molar-refractivity contribution in [2.45, 2.75) is 13.5 Å². The quantitative estimate of drug-likeness (QED) is 0.213. The van der Waals surface area contributed by atoms with Crippen molar-refractivity contribution in [1.29, 1.82) is 0 Å². The van der Waals surface area contributed by atoms with Crippen LogP contribution in [0.5, 0.6) is 0 Å². The summed E-state index contributed by atoms with van der Waals surface area (Å²) in [6.07, 6.45) is 1.86. The molecule has 3 nitrogen and oxygen atoms in total. The Balaban J connectivity index is 0.00000441. The minimum absolute atomic E-state index is 0. The second kappa shape index (κ2) is 12.7. The number of nitrogens with zero attached hydrogens (tertiary/aromatic N) is 1. The van der Waals surface area contributed by atoms with Gasteiger partial charge in [-0.2, -0.15) is 11.8 Å². The Bertz CT molecular complexity index is 484. The van der Waals surface area contributed by atoms with Crippen LogP contribution in [-0.4, -0.2) is 30.6 Å². The lowest BCUT2D eigenvalue weighted by molar-refractivity contribution is 0.585. The predicted molar refractivity (Wildman–Crippen MR) is 102 cm³/mol. The van der Waals surface area contributed by atoms with E-state index in [9.17, 15) is 8.78 Å². The number of hydrogen-bond donors (Lipinski definition) is 2. The molecule has 124 valence electrons. The molecule has 0 unspecified atom stereocenters. The van der Waals surface area contributed by atoms with Crippen LogP contribution in [0.4, 0.5) is 8.78 Å². The Kier molecular flexibility index (Phi) is 12.2. The molecule has 7 heteroatoms. The van der Waals surface area contributed by atoms with Crippen LogP contribution >= 0.6 is 35.7 Å². The van der Waals surface area contributed by atoms with E-state index in [2.05, 4.69) is 22.2 Å². The van der Waals surface area contributed by atoms with Gasteiger partial charge < -0.3 is 10.6 Å². The molecule has 1 aromatic rings. The van der Waals surface area contributed by atoms with Gasteiger partial charge in [0.05, 0.1) is 6.54 Å². The molecule has 0 saturated heterocycles. The molecule has 0 fully saturated rings. The standard InChI is InChI=1S/C15H21F2N3S.HI/c1-3-8-21-9-7-19-15(18-4-2)20-11-12-10-13(16)5-6-14(12)17;/h3,5-6,10H,1,4,7-9,11H2,2H3,(H2,18,19,20);1H. The van der Waals surface area contributed by atoms with E-state index in [1.165, 1.54) is 6.07 Å². The molecule has 0 spiro atoms. The Hall–Kier alpha value is -0.830. The van der Waals surface area contributed by atoms with Gasteiger partial charge in [-0.1, -0.05) is 6.08 Å². The molecule has 2 N–H and O–H groups in total. The Morgan fingerprint density at radius 3 is 2.82 bits per heavy atom. The zero-order valence-electron chi connectivity index (χ0n) is 12.6. The molecule has 0 aromatic heterocycles. The van der Waals surface area contributed by atoms with E-state index >= 15 is 0 Å². The highest BCUT2D eigenvalue weighted by atomic mass is 127. The zero-order valence-corrected chi connectivity index (χ0v) is 15.7. The van der Waals surface area contributed by atoms with Gasteiger partial charge in [0.15, 0.2) is 5.96 Å². The van der Waals surface area contributed by atoms with Gasteiger partial charge >= 0.3 is 0 Å². The first-order chi connectivity index (χ1) is 10.2. The van der Waals surface area contributed by atoms with Crippen molar-refractivity contribution in [3.63, 3.8) is 0 Å². The average molecular weight is 441 g/mol. The van der Waals surface area contributed by atoms with Gasteiger partial charge in [0, 0.05) is 30.2 Å². The fraction of sp³-hybridized carbons (Fsp3) is 0.400. The van der Waals surface area contributed by atoms with E-state index in [1.54, 1.807) is 11.8 Å². The lowest BCUT2D eigenvalue weighted by Crippen LogP contribution is -2.38. The summed E-state index contributed by atoms with van der Waals surface area (Å²) in [5, 5.41) is 6.22. The van der Waals surface area contributed by atoms with Gasteiger partial charge in [-0.3, -0.25) is 0 Å². The molecule has 0 aliphatic rings. The molecule has 22 heavy (non-hydrogen) atoms. The molecule has 0 bridgehead atoms. The van der Waals surface area contributed by atoms with Crippen molar-refractivity contribution in [1.82, 2.24) is 10.6 Å². The van der Waals surface area contributed by atoms with E-state index in [1.807, 2.05) is 13.0 Å². The normalized spacial score (nSPS) is 10.8. The minimum atomic E-state index is -0.458. The fourth-order valence-electron chi connectivity index (χ4n) is 1.58. The fourth-order valence-corrected chi connectivity index (χ4v) is 2.16. The van der Waals surface area contributed by atoms with Crippen LogP contribution in [0, 0.1) is 11.6 Å². The smallest absolute Gasteiger partial charge is 0.191 e. The highest BCUT2D eigenvalue weighted by Crippen LogP contribution is 2.10. The van der Waals surface area contributed by atoms with Gasteiger partial charge in [0.2, 0.25) is 0 Å². The molecule has 0 aliphatic carbocycles. The van der Waals surface area contributed by atoms with E-state index in [4.69, 9.17) is 0 Å². The number of aliphatic imine (C=N–C) groups is 1. The summed E-state index contributed by atoms with van der Waals surface area (Å²) >= 11 is 1.76. The molecule has 1 aromatic carbocycles. The Labute approximate surface area is 152 Å². The summed E-state index contributed by atoms with van der Waals surface area (Å²) in [7, 11) is 0. The van der Waals surface area contributed by atoms with Crippen LogP contribution in [0.1, 0.15) is 12.5 Å². The molecule has 0 heterocycles. The molecule has 0 atom stereocenters. The van der Waals surface area contributed by atoms with E-state index in [0.29, 0.717) is 12.5 Å². The number of thioether (sulfide) groups is 1. The lowest BCUT2D eigenvalue weighted by atomic mass is 10.2. The third-order valence-corrected chi connectivity index (χ3v) is 3.50. The van der Waals surface area contributed by atoms with Crippen LogP contribution in [0.3, 0.4) is 0 Å². The van der Waals surface area contributed by atoms with Crippen LogP contribution in [0.2, 0.25) is 0 Å². The Morgan fingerprint density at radius 1 is 1.36 bits per heavy atom. The third kappa shape index (κ3) is 8.57. The Morgan fingerprint density at radius 2 is 2.14 bits per heavy atom. The van der Waals surface area contributed by atoms with Crippen LogP contribution in [-0.2, 0) is 6.54 Å². The summed E-state index contributed by atoms with van der Waals surface area (Å²) in [5.41, 5.74) is 0.244. The topological polar surface area (TPSA) is 36.4 Å². The zero-order chi connectivity index (χ0) is 15.5. The molecule has 0 saturated carbocycles. The second-order valence-corrected chi connectivity index (χ2v) is 5.37. The van der Waals surface area contributed by atoms with E-state index in [-0.39, 0.29) is 36.1 Å². The van der Waals surface area contributed by atoms with Crippen molar-refractivity contribution in [3.05, 3.63) is 48.1 Å². The van der Waals surface area contributed by atoms with Crippen molar-refractivity contribution >= 4 is 41.7 Å². The minimum Gasteiger partial charge on any atom is -0.357 e. The maximum Gasteiger partial charge on any atom is 0.191 e. The summed E-state index contributed by atoms with van der Waals surface area (Å²) in [6.45, 7) is 7.16. The van der Waals surface area contributed by atoms with Gasteiger partial charge in [-0.25, -0.2) is 13.8 Å². The molecular weight excluding hydrogens is 419 g/mol. The van der Waals surface area contributed by atoms with Crippen LogP contribution in [0.25, 0.3) is 0 Å². The third-order valence-electron chi connectivity index (χ3n) is 2.53. The number of halogens is 3. The van der Waals surface area contributed by atoms with E-state index < -0.39 is 11.6 Å². The average Bonchev–Trinajstić information content (AvgIpc) is 2.47. The lowest BCUT2D eigenvalue weighted by Gasteiger charge is -2.11. The number of rotatable bonds is 8. The SMILES string of the molecule is C=CCSCCNC(=NCc1cc(F)ccc1F)NCC.I. The van der Waals surface area contributed by atoms with E-state index in [0.717, 1.165) is 30.2 Å². The summed E-state index contributed by atoms with van der Waals surface area (Å²) in [5.74, 6) is 1.52. The number of guanidine groups is 1. The maximum atomic E-state index is 13.5. The second-order valence-electron chi connectivity index (χ2n) is 4.22. The first-order valence-electron chi connectivity index (χ1n) is 6.82. The summed E-state index contributed by atoms with van der Waals surface area (Å²) in [6, 6.07) is 3.39. The van der Waals surface area contributed by atoms with Gasteiger partial charge in [0.25, 0.3) is 0 Å². The number of hydrogen-bond acceptors (Lipinski definition) is 2. The molecular formula is C15H22F2IN3S.